The van der Waals surface area contributed by atoms with Crippen molar-refractivity contribution in [1.82, 2.24) is 9.62 Å². The molecule has 0 heterocycles. The lowest BCUT2D eigenvalue weighted by Crippen LogP contribution is -2.47. The van der Waals surface area contributed by atoms with Gasteiger partial charge in [-0.1, -0.05) is 39.8 Å². The highest BCUT2D eigenvalue weighted by Gasteiger charge is 2.28. The maximum Gasteiger partial charge on any atom is 0.257 e. The number of amides is 2. The molecule has 7 nitrogen and oxygen atoms in total. The third kappa shape index (κ3) is 5.68. The Morgan fingerprint density at radius 1 is 1.00 bits per heavy atom. The van der Waals surface area contributed by atoms with Crippen LogP contribution in [0, 0.1) is 17.6 Å². The predicted molar refractivity (Wildman–Crippen MR) is 118 cm³/mol. The van der Waals surface area contributed by atoms with Gasteiger partial charge >= 0.3 is 0 Å². The number of anilines is 1. The van der Waals surface area contributed by atoms with Crippen LogP contribution in [-0.4, -0.2) is 43.7 Å². The lowest BCUT2D eigenvalue weighted by atomic mass is 10.0. The maximum absolute atomic E-state index is 13.9. The van der Waals surface area contributed by atoms with E-state index in [0.29, 0.717) is 13.1 Å². The fraction of sp³-hybridized carbons (Fsp3) is 0.364. The smallest absolute Gasteiger partial charge is 0.257 e. The van der Waals surface area contributed by atoms with Gasteiger partial charge in [-0.25, -0.2) is 17.2 Å². The fourth-order valence-corrected chi connectivity index (χ4v) is 4.63. The number of hydrogen-bond donors (Lipinski definition) is 2. The number of hydrogen-bond acceptors (Lipinski definition) is 4. The van der Waals surface area contributed by atoms with Crippen LogP contribution in [0.4, 0.5) is 14.5 Å². The average Bonchev–Trinajstić information content (AvgIpc) is 2.72. The molecule has 0 aliphatic rings. The first-order valence-corrected chi connectivity index (χ1v) is 11.6. The second kappa shape index (κ2) is 10.6. The van der Waals surface area contributed by atoms with Crippen molar-refractivity contribution in [2.45, 2.75) is 38.6 Å². The number of carbonyl (C=O) groups excluding carboxylic acids is 2. The van der Waals surface area contributed by atoms with E-state index in [0.717, 1.165) is 18.2 Å². The van der Waals surface area contributed by atoms with E-state index in [-0.39, 0.29) is 10.6 Å². The number of rotatable bonds is 9. The van der Waals surface area contributed by atoms with Gasteiger partial charge in [0, 0.05) is 18.8 Å². The number of halogens is 2. The highest BCUT2D eigenvalue weighted by molar-refractivity contribution is 7.89. The van der Waals surface area contributed by atoms with Crippen LogP contribution in [-0.2, 0) is 14.8 Å². The largest absolute Gasteiger partial charge is 0.340 e. The normalized spacial score (nSPS) is 12.6. The Kier molecular flexibility index (Phi) is 8.45. The van der Waals surface area contributed by atoms with Crippen LogP contribution >= 0.6 is 0 Å². The summed E-state index contributed by atoms with van der Waals surface area (Å²) in [5, 5.41) is 4.93. The second-order valence-corrected chi connectivity index (χ2v) is 9.34. The summed E-state index contributed by atoms with van der Waals surface area (Å²) in [4.78, 5) is 25.3. The van der Waals surface area contributed by atoms with Gasteiger partial charge in [0.25, 0.3) is 5.91 Å². The lowest BCUT2D eigenvalue weighted by molar-refractivity contribution is -0.118. The molecule has 0 aromatic heterocycles. The van der Waals surface area contributed by atoms with Gasteiger partial charge in [-0.15, -0.1) is 0 Å². The SMILES string of the molecule is CCN(CC)S(=O)(=O)c1cccc(NC(=O)C(NC(=O)c2c(F)cccc2F)C(C)C)c1. The molecule has 32 heavy (non-hydrogen) atoms. The molecule has 0 saturated heterocycles. The summed E-state index contributed by atoms with van der Waals surface area (Å²) in [5.41, 5.74) is -0.571. The van der Waals surface area contributed by atoms with Gasteiger partial charge in [0.05, 0.1) is 4.90 Å². The Balaban J connectivity index is 2.25. The van der Waals surface area contributed by atoms with Crippen molar-refractivity contribution in [2.75, 3.05) is 18.4 Å². The van der Waals surface area contributed by atoms with Gasteiger partial charge in [-0.05, 0) is 36.2 Å². The predicted octanol–water partition coefficient (Wildman–Crippen LogP) is 3.39. The molecule has 0 aliphatic carbocycles. The first-order valence-electron chi connectivity index (χ1n) is 10.2. The van der Waals surface area contributed by atoms with E-state index in [1.165, 1.54) is 28.6 Å². The monoisotopic (exact) mass is 467 g/mol. The van der Waals surface area contributed by atoms with E-state index in [1.807, 2.05) is 0 Å². The number of benzene rings is 2. The first-order chi connectivity index (χ1) is 15.0. The summed E-state index contributed by atoms with van der Waals surface area (Å²) < 4.78 is 54.6. The summed E-state index contributed by atoms with van der Waals surface area (Å²) >= 11 is 0. The second-order valence-electron chi connectivity index (χ2n) is 7.40. The molecule has 2 N–H and O–H groups in total. The molecule has 2 amide bonds. The standard InChI is InChI=1S/C22H27F2N3O4S/c1-5-27(6-2)32(30,31)16-10-7-9-15(13-16)25-22(29)20(14(3)4)26-21(28)19-17(23)11-8-12-18(19)24/h7-14,20H,5-6H2,1-4H3,(H,25,29)(H,26,28). The number of sulfonamides is 1. The minimum absolute atomic E-state index is 0.0116. The molecule has 0 bridgehead atoms. The summed E-state index contributed by atoms with van der Waals surface area (Å²) in [6, 6.07) is 7.65. The molecule has 10 heteroatoms. The zero-order valence-electron chi connectivity index (χ0n) is 18.4. The zero-order chi connectivity index (χ0) is 24.1. The first kappa shape index (κ1) is 25.4. The molecule has 1 unspecified atom stereocenters. The van der Waals surface area contributed by atoms with Crippen molar-refractivity contribution in [1.29, 1.82) is 0 Å². The summed E-state index contributed by atoms with van der Waals surface area (Å²) in [5.74, 6) is -4.22. The van der Waals surface area contributed by atoms with Crippen LogP contribution in [0.3, 0.4) is 0 Å². The van der Waals surface area contributed by atoms with Crippen molar-refractivity contribution >= 4 is 27.5 Å². The van der Waals surface area contributed by atoms with Crippen molar-refractivity contribution in [3.05, 3.63) is 59.7 Å². The molecule has 0 radical (unpaired) electrons. The van der Waals surface area contributed by atoms with Crippen molar-refractivity contribution in [3.8, 4) is 0 Å². The average molecular weight is 468 g/mol. The molecule has 2 aromatic rings. The molecular formula is C22H27F2N3O4S. The highest BCUT2D eigenvalue weighted by atomic mass is 32.2. The van der Waals surface area contributed by atoms with Crippen LogP contribution in [0.2, 0.25) is 0 Å². The van der Waals surface area contributed by atoms with Crippen molar-refractivity contribution in [2.24, 2.45) is 5.92 Å². The van der Waals surface area contributed by atoms with Gasteiger partial charge in [0.15, 0.2) is 0 Å². The van der Waals surface area contributed by atoms with Crippen LogP contribution < -0.4 is 10.6 Å². The highest BCUT2D eigenvalue weighted by Crippen LogP contribution is 2.20. The summed E-state index contributed by atoms with van der Waals surface area (Å²) in [6.07, 6.45) is 0. The van der Waals surface area contributed by atoms with Gasteiger partial charge in [0.1, 0.15) is 23.2 Å². The lowest BCUT2D eigenvalue weighted by Gasteiger charge is -2.22. The Hall–Kier alpha value is -2.85. The van der Waals surface area contributed by atoms with E-state index >= 15 is 0 Å². The quantitative estimate of drug-likeness (QED) is 0.591. The van der Waals surface area contributed by atoms with E-state index in [9.17, 15) is 26.8 Å². The third-order valence-corrected chi connectivity index (χ3v) is 6.92. The number of nitrogens with one attached hydrogen (secondary N) is 2. The molecule has 0 spiro atoms. The van der Waals surface area contributed by atoms with Crippen molar-refractivity contribution < 1.29 is 26.8 Å². The van der Waals surface area contributed by atoms with Crippen LogP contribution in [0.25, 0.3) is 0 Å². The number of carbonyl (C=O) groups is 2. The molecule has 2 rings (SSSR count). The fourth-order valence-electron chi connectivity index (χ4n) is 3.13. The van der Waals surface area contributed by atoms with Crippen LogP contribution in [0.15, 0.2) is 47.4 Å². The van der Waals surface area contributed by atoms with Crippen molar-refractivity contribution in [3.63, 3.8) is 0 Å². The minimum atomic E-state index is -3.73. The maximum atomic E-state index is 13.9. The molecule has 0 aliphatic heterocycles. The Morgan fingerprint density at radius 3 is 2.09 bits per heavy atom. The van der Waals surface area contributed by atoms with Crippen LogP contribution in [0.5, 0.6) is 0 Å². The Bertz CT molecular complexity index is 1070. The molecule has 2 aromatic carbocycles. The Morgan fingerprint density at radius 2 is 1.56 bits per heavy atom. The third-order valence-electron chi connectivity index (χ3n) is 4.87. The Labute approximate surface area is 186 Å². The molecule has 0 saturated carbocycles. The van der Waals surface area contributed by atoms with Gasteiger partial charge in [-0.3, -0.25) is 9.59 Å². The van der Waals surface area contributed by atoms with Gasteiger partial charge < -0.3 is 10.6 Å². The van der Waals surface area contributed by atoms with E-state index in [1.54, 1.807) is 27.7 Å². The zero-order valence-corrected chi connectivity index (χ0v) is 19.2. The summed E-state index contributed by atoms with van der Waals surface area (Å²) in [7, 11) is -3.73. The van der Waals surface area contributed by atoms with Gasteiger partial charge in [0.2, 0.25) is 15.9 Å². The molecule has 0 fully saturated rings. The number of nitrogens with zero attached hydrogens (tertiary/aromatic N) is 1. The van der Waals surface area contributed by atoms with E-state index in [2.05, 4.69) is 10.6 Å². The molecular weight excluding hydrogens is 440 g/mol. The van der Waals surface area contributed by atoms with Crippen LogP contribution in [0.1, 0.15) is 38.1 Å². The minimum Gasteiger partial charge on any atom is -0.340 e. The van der Waals surface area contributed by atoms with E-state index in [4.69, 9.17) is 0 Å². The van der Waals surface area contributed by atoms with Gasteiger partial charge in [-0.2, -0.15) is 4.31 Å². The van der Waals surface area contributed by atoms with E-state index < -0.39 is 51.0 Å². The topological polar surface area (TPSA) is 95.6 Å². The molecule has 174 valence electrons. The molecule has 1 atom stereocenters. The summed E-state index contributed by atoms with van der Waals surface area (Å²) in [6.45, 7) is 7.35.